The SMILES string of the molecule is COc1c(-c2cccnc2)c(C(C)N)nc2ccc(F)cc12. The zero-order valence-corrected chi connectivity index (χ0v) is 12.4. The van der Waals surface area contributed by atoms with Gasteiger partial charge < -0.3 is 10.5 Å². The van der Waals surface area contributed by atoms with Crippen molar-refractivity contribution in [2.45, 2.75) is 13.0 Å². The molecule has 0 aliphatic carbocycles. The Kier molecular flexibility index (Phi) is 3.73. The third-order valence-corrected chi connectivity index (χ3v) is 3.51. The minimum absolute atomic E-state index is 0.293. The molecule has 1 unspecified atom stereocenters. The molecule has 22 heavy (non-hydrogen) atoms. The van der Waals surface area contributed by atoms with E-state index in [-0.39, 0.29) is 11.9 Å². The van der Waals surface area contributed by atoms with Crippen LogP contribution in [0.5, 0.6) is 5.75 Å². The lowest BCUT2D eigenvalue weighted by Gasteiger charge is -2.18. The van der Waals surface area contributed by atoms with E-state index in [0.717, 1.165) is 11.1 Å². The normalized spacial score (nSPS) is 12.4. The summed E-state index contributed by atoms with van der Waals surface area (Å²) < 4.78 is 19.2. The first kappa shape index (κ1) is 14.4. The highest BCUT2D eigenvalue weighted by molar-refractivity contribution is 5.93. The summed E-state index contributed by atoms with van der Waals surface area (Å²) in [5, 5.41) is 0.616. The molecule has 0 saturated carbocycles. The third-order valence-electron chi connectivity index (χ3n) is 3.51. The van der Waals surface area contributed by atoms with Crippen LogP contribution in [-0.2, 0) is 0 Å². The molecule has 1 atom stereocenters. The fourth-order valence-electron chi connectivity index (χ4n) is 2.56. The quantitative estimate of drug-likeness (QED) is 0.804. The Balaban J connectivity index is 2.43. The lowest BCUT2D eigenvalue weighted by molar-refractivity contribution is 0.420. The lowest BCUT2D eigenvalue weighted by atomic mass is 9.98. The maximum Gasteiger partial charge on any atom is 0.138 e. The van der Waals surface area contributed by atoms with Crippen molar-refractivity contribution >= 4 is 10.9 Å². The minimum Gasteiger partial charge on any atom is -0.495 e. The fraction of sp³-hybridized carbons (Fsp3) is 0.176. The summed E-state index contributed by atoms with van der Waals surface area (Å²) in [6.07, 6.45) is 3.41. The number of ether oxygens (including phenoxy) is 1. The number of rotatable bonds is 3. The summed E-state index contributed by atoms with van der Waals surface area (Å²) >= 11 is 0. The predicted molar refractivity (Wildman–Crippen MR) is 84.1 cm³/mol. The van der Waals surface area contributed by atoms with E-state index in [1.54, 1.807) is 25.6 Å². The van der Waals surface area contributed by atoms with E-state index in [1.165, 1.54) is 12.1 Å². The van der Waals surface area contributed by atoms with Crippen LogP contribution in [0.25, 0.3) is 22.0 Å². The van der Waals surface area contributed by atoms with E-state index in [2.05, 4.69) is 9.97 Å². The molecule has 5 heteroatoms. The van der Waals surface area contributed by atoms with E-state index in [0.29, 0.717) is 22.3 Å². The van der Waals surface area contributed by atoms with Crippen molar-refractivity contribution in [3.63, 3.8) is 0 Å². The predicted octanol–water partition coefficient (Wildman–Crippen LogP) is 3.46. The molecule has 2 N–H and O–H groups in total. The van der Waals surface area contributed by atoms with E-state index in [4.69, 9.17) is 10.5 Å². The molecule has 0 radical (unpaired) electrons. The summed E-state index contributed by atoms with van der Waals surface area (Å²) in [6.45, 7) is 1.86. The number of pyridine rings is 2. The highest BCUT2D eigenvalue weighted by atomic mass is 19.1. The van der Waals surface area contributed by atoms with Crippen LogP contribution in [0.2, 0.25) is 0 Å². The molecular weight excluding hydrogens is 281 g/mol. The largest absolute Gasteiger partial charge is 0.495 e. The van der Waals surface area contributed by atoms with Crippen molar-refractivity contribution in [2.75, 3.05) is 7.11 Å². The summed E-state index contributed by atoms with van der Waals surface area (Å²) in [6, 6.07) is 7.87. The molecule has 3 rings (SSSR count). The number of nitrogens with zero attached hydrogens (tertiary/aromatic N) is 2. The Morgan fingerprint density at radius 1 is 1.27 bits per heavy atom. The Morgan fingerprint density at radius 3 is 2.73 bits per heavy atom. The average molecular weight is 297 g/mol. The third kappa shape index (κ3) is 2.40. The maximum absolute atomic E-state index is 13.6. The number of hydrogen-bond acceptors (Lipinski definition) is 4. The second kappa shape index (κ2) is 5.69. The maximum atomic E-state index is 13.6. The zero-order chi connectivity index (χ0) is 15.7. The van der Waals surface area contributed by atoms with Crippen molar-refractivity contribution in [3.8, 4) is 16.9 Å². The number of fused-ring (bicyclic) bond motifs is 1. The van der Waals surface area contributed by atoms with Crippen LogP contribution in [0, 0.1) is 5.82 Å². The first-order chi connectivity index (χ1) is 10.6. The molecule has 0 saturated heterocycles. The summed E-state index contributed by atoms with van der Waals surface area (Å²) in [4.78, 5) is 8.74. The standard InChI is InChI=1S/C17H16FN3O/c1-10(19)16-15(11-4-3-7-20-9-11)17(22-2)13-8-12(18)5-6-14(13)21-16/h3-10H,19H2,1-2H3. The highest BCUT2D eigenvalue weighted by Crippen LogP contribution is 2.39. The first-order valence-corrected chi connectivity index (χ1v) is 6.95. The van der Waals surface area contributed by atoms with Crippen molar-refractivity contribution in [1.82, 2.24) is 9.97 Å². The van der Waals surface area contributed by atoms with Gasteiger partial charge in [-0.05, 0) is 31.2 Å². The topological polar surface area (TPSA) is 61.0 Å². The summed E-state index contributed by atoms with van der Waals surface area (Å²) in [5.74, 6) is 0.225. The van der Waals surface area contributed by atoms with Crippen LogP contribution in [0.3, 0.4) is 0 Å². The van der Waals surface area contributed by atoms with Gasteiger partial charge in [0, 0.05) is 34.9 Å². The summed E-state index contributed by atoms with van der Waals surface area (Å²) in [5.41, 5.74) is 9.02. The van der Waals surface area contributed by atoms with Gasteiger partial charge >= 0.3 is 0 Å². The molecule has 1 aromatic carbocycles. The Hall–Kier alpha value is -2.53. The van der Waals surface area contributed by atoms with Gasteiger partial charge in [-0.3, -0.25) is 9.97 Å². The van der Waals surface area contributed by atoms with Crippen LogP contribution in [0.4, 0.5) is 4.39 Å². The van der Waals surface area contributed by atoms with E-state index < -0.39 is 0 Å². The first-order valence-electron chi connectivity index (χ1n) is 6.95. The Bertz CT molecular complexity index is 819. The molecule has 0 aliphatic rings. The van der Waals surface area contributed by atoms with Crippen LogP contribution in [0.1, 0.15) is 18.7 Å². The van der Waals surface area contributed by atoms with Gasteiger partial charge in [-0.25, -0.2) is 4.39 Å². The van der Waals surface area contributed by atoms with Crippen LogP contribution in [0.15, 0.2) is 42.7 Å². The Labute approximate surface area is 127 Å². The van der Waals surface area contributed by atoms with E-state index in [9.17, 15) is 4.39 Å². The molecule has 2 heterocycles. The number of methoxy groups -OCH3 is 1. The van der Waals surface area contributed by atoms with Crippen LogP contribution in [-0.4, -0.2) is 17.1 Å². The Morgan fingerprint density at radius 2 is 2.09 bits per heavy atom. The second-order valence-corrected chi connectivity index (χ2v) is 5.10. The number of halogens is 1. The molecule has 0 spiro atoms. The van der Waals surface area contributed by atoms with Gasteiger partial charge in [-0.15, -0.1) is 0 Å². The van der Waals surface area contributed by atoms with Crippen molar-refractivity contribution in [2.24, 2.45) is 5.73 Å². The van der Waals surface area contributed by atoms with E-state index >= 15 is 0 Å². The molecular formula is C17H16FN3O. The van der Waals surface area contributed by atoms with Crippen molar-refractivity contribution in [1.29, 1.82) is 0 Å². The van der Waals surface area contributed by atoms with Crippen molar-refractivity contribution < 1.29 is 9.13 Å². The van der Waals surface area contributed by atoms with Crippen LogP contribution < -0.4 is 10.5 Å². The molecule has 112 valence electrons. The van der Waals surface area contributed by atoms with Gasteiger partial charge in [0.15, 0.2) is 0 Å². The number of nitrogens with two attached hydrogens (primary N) is 1. The number of benzene rings is 1. The van der Waals surface area contributed by atoms with Crippen LogP contribution >= 0.6 is 0 Å². The van der Waals surface area contributed by atoms with Gasteiger partial charge in [0.25, 0.3) is 0 Å². The van der Waals surface area contributed by atoms with Crippen molar-refractivity contribution in [3.05, 3.63) is 54.2 Å². The van der Waals surface area contributed by atoms with Gasteiger partial charge in [0.05, 0.1) is 18.3 Å². The fourth-order valence-corrected chi connectivity index (χ4v) is 2.56. The average Bonchev–Trinajstić information content (AvgIpc) is 2.53. The number of aromatic nitrogens is 2. The molecule has 2 aromatic heterocycles. The molecule has 0 fully saturated rings. The van der Waals surface area contributed by atoms with Gasteiger partial charge in [0.1, 0.15) is 11.6 Å². The zero-order valence-electron chi connectivity index (χ0n) is 12.4. The molecule has 3 aromatic rings. The smallest absolute Gasteiger partial charge is 0.138 e. The van der Waals surface area contributed by atoms with E-state index in [1.807, 2.05) is 19.1 Å². The molecule has 0 amide bonds. The highest BCUT2D eigenvalue weighted by Gasteiger charge is 2.20. The number of hydrogen-bond donors (Lipinski definition) is 1. The minimum atomic E-state index is -0.335. The van der Waals surface area contributed by atoms with Gasteiger partial charge in [-0.1, -0.05) is 6.07 Å². The van der Waals surface area contributed by atoms with Gasteiger partial charge in [-0.2, -0.15) is 0 Å². The monoisotopic (exact) mass is 297 g/mol. The molecule has 0 aliphatic heterocycles. The lowest BCUT2D eigenvalue weighted by Crippen LogP contribution is -2.11. The second-order valence-electron chi connectivity index (χ2n) is 5.10. The van der Waals surface area contributed by atoms with Gasteiger partial charge in [0.2, 0.25) is 0 Å². The molecule has 4 nitrogen and oxygen atoms in total. The summed E-state index contributed by atoms with van der Waals surface area (Å²) in [7, 11) is 1.56. The molecule has 0 bridgehead atoms.